The van der Waals surface area contributed by atoms with Gasteiger partial charge in [-0.2, -0.15) is 13.2 Å². The number of nitrogens with one attached hydrogen (secondary N) is 2. The number of rotatable bonds is 7. The van der Waals surface area contributed by atoms with Crippen LogP contribution in [0.4, 0.5) is 22.0 Å². The molecule has 1 heterocycles. The first-order valence-corrected chi connectivity index (χ1v) is 13.2. The first kappa shape index (κ1) is 27.0. The molecule has 6 rings (SSSR count). The van der Waals surface area contributed by atoms with Gasteiger partial charge in [-0.15, -0.1) is 0 Å². The van der Waals surface area contributed by atoms with Crippen molar-refractivity contribution in [3.05, 3.63) is 82.4 Å². The Balaban J connectivity index is 1.54. The minimum absolute atomic E-state index is 0.114. The Morgan fingerprint density at radius 1 is 1.00 bits per heavy atom. The molecule has 41 heavy (non-hydrogen) atoms. The predicted octanol–water partition coefficient (Wildman–Crippen LogP) is 7.10. The van der Waals surface area contributed by atoms with Crippen molar-refractivity contribution >= 4 is 22.8 Å². The molecule has 0 saturated heterocycles. The summed E-state index contributed by atoms with van der Waals surface area (Å²) in [6.45, 7) is 1.60. The molecular formula is C31H25F5N2O3. The highest BCUT2D eigenvalue weighted by Crippen LogP contribution is 2.66. The Morgan fingerprint density at radius 2 is 1.68 bits per heavy atom. The zero-order valence-corrected chi connectivity index (χ0v) is 22.1. The maximum absolute atomic E-state index is 15.0. The van der Waals surface area contributed by atoms with Crippen LogP contribution in [-0.4, -0.2) is 30.6 Å². The second-order valence-electron chi connectivity index (χ2n) is 10.9. The summed E-state index contributed by atoms with van der Waals surface area (Å²) in [5.41, 5.74) is 1.56. The molecule has 5 nitrogen and oxygen atoms in total. The monoisotopic (exact) mass is 568 g/mol. The van der Waals surface area contributed by atoms with Crippen LogP contribution in [0.15, 0.2) is 52.9 Å². The van der Waals surface area contributed by atoms with Gasteiger partial charge in [0.05, 0.1) is 11.1 Å². The van der Waals surface area contributed by atoms with E-state index in [0.717, 1.165) is 12.8 Å². The van der Waals surface area contributed by atoms with E-state index in [9.17, 15) is 31.5 Å². The van der Waals surface area contributed by atoms with E-state index in [2.05, 4.69) is 10.6 Å². The summed E-state index contributed by atoms with van der Waals surface area (Å²) < 4.78 is 74.6. The van der Waals surface area contributed by atoms with Crippen LogP contribution in [0, 0.1) is 24.5 Å². The molecule has 1 aromatic heterocycles. The third-order valence-corrected chi connectivity index (χ3v) is 8.05. The van der Waals surface area contributed by atoms with E-state index in [1.54, 1.807) is 13.0 Å². The Morgan fingerprint density at radius 3 is 2.29 bits per heavy atom. The van der Waals surface area contributed by atoms with Gasteiger partial charge in [-0.25, -0.2) is 8.78 Å². The highest BCUT2D eigenvalue weighted by Gasteiger charge is 2.70. The molecule has 10 heteroatoms. The van der Waals surface area contributed by atoms with Crippen LogP contribution in [0.1, 0.15) is 51.1 Å². The fraction of sp³-hybridized carbons (Fsp3) is 0.290. The van der Waals surface area contributed by atoms with E-state index in [1.807, 2.05) is 0 Å². The molecule has 2 aliphatic rings. The number of aryl methyl sites for hydroxylation is 2. The van der Waals surface area contributed by atoms with Crippen molar-refractivity contribution in [2.24, 2.45) is 5.92 Å². The summed E-state index contributed by atoms with van der Waals surface area (Å²) in [5.74, 6) is -1.77. The van der Waals surface area contributed by atoms with Crippen molar-refractivity contribution < 1.29 is 36.0 Å². The van der Waals surface area contributed by atoms with Crippen molar-refractivity contribution in [2.75, 3.05) is 7.05 Å². The summed E-state index contributed by atoms with van der Waals surface area (Å²) in [7, 11) is 1.42. The smallest absolute Gasteiger partial charge is 0.389 e. The minimum atomic E-state index is -4.45. The first-order chi connectivity index (χ1) is 19.4. The first-order valence-electron chi connectivity index (χ1n) is 13.2. The number of hydrogen-bond acceptors (Lipinski definition) is 3. The van der Waals surface area contributed by atoms with E-state index in [-0.39, 0.29) is 33.6 Å². The van der Waals surface area contributed by atoms with Crippen LogP contribution < -0.4 is 10.6 Å². The largest absolute Gasteiger partial charge is 0.455 e. The minimum Gasteiger partial charge on any atom is -0.455 e. The van der Waals surface area contributed by atoms with Crippen LogP contribution in [0.2, 0.25) is 0 Å². The molecule has 0 spiro atoms. The lowest BCUT2D eigenvalue weighted by molar-refractivity contribution is -0.133. The third-order valence-electron chi connectivity index (χ3n) is 8.05. The van der Waals surface area contributed by atoms with Crippen molar-refractivity contribution in [2.45, 2.75) is 44.3 Å². The number of halogens is 5. The van der Waals surface area contributed by atoms with Crippen LogP contribution in [0.5, 0.6) is 0 Å². The molecule has 0 radical (unpaired) electrons. The van der Waals surface area contributed by atoms with Gasteiger partial charge >= 0.3 is 6.18 Å². The lowest BCUT2D eigenvalue weighted by atomic mass is 9.90. The molecular weight excluding hydrogens is 543 g/mol. The average Bonchev–Trinajstić information content (AvgIpc) is 3.73. The van der Waals surface area contributed by atoms with Crippen molar-refractivity contribution in [1.82, 2.24) is 10.6 Å². The SMILES string of the molecule is CNC(=O)c1c(-c2ccc(F)cc2)oc2cc(CCC(F)(F)F)c(-c3cc(C(=O)NC45CC4C5)c(F)cc3C)cc12. The Bertz CT molecular complexity index is 1720. The third kappa shape index (κ3) is 4.96. The molecule has 0 atom stereocenters. The molecule has 4 aromatic rings. The maximum atomic E-state index is 15.0. The second-order valence-corrected chi connectivity index (χ2v) is 10.9. The fourth-order valence-corrected chi connectivity index (χ4v) is 5.41. The van der Waals surface area contributed by atoms with E-state index < -0.39 is 42.5 Å². The van der Waals surface area contributed by atoms with Gasteiger partial charge in [-0.05, 0) is 103 Å². The number of benzene rings is 3. The lowest BCUT2D eigenvalue weighted by Crippen LogP contribution is -2.31. The second kappa shape index (κ2) is 9.43. The molecule has 2 saturated carbocycles. The Hall–Kier alpha value is -4.21. The van der Waals surface area contributed by atoms with Crippen molar-refractivity contribution in [3.63, 3.8) is 0 Å². The number of alkyl halides is 3. The van der Waals surface area contributed by atoms with Gasteiger partial charge in [-0.3, -0.25) is 9.59 Å². The Labute approximate surface area is 231 Å². The molecule has 2 amide bonds. The number of amides is 2. The summed E-state index contributed by atoms with van der Waals surface area (Å²) >= 11 is 0. The average molecular weight is 569 g/mol. The molecule has 0 aliphatic heterocycles. The van der Waals surface area contributed by atoms with Crippen molar-refractivity contribution in [3.8, 4) is 22.5 Å². The molecule has 0 bridgehead atoms. The molecule has 3 aromatic carbocycles. The lowest BCUT2D eigenvalue weighted by Gasteiger charge is -2.16. The van der Waals surface area contributed by atoms with E-state index in [0.29, 0.717) is 33.6 Å². The number of fused-ring (bicyclic) bond motifs is 2. The zero-order chi connectivity index (χ0) is 29.3. The van der Waals surface area contributed by atoms with Gasteiger partial charge in [0.1, 0.15) is 23.0 Å². The van der Waals surface area contributed by atoms with E-state index >= 15 is 0 Å². The zero-order valence-electron chi connectivity index (χ0n) is 22.1. The fourth-order valence-electron chi connectivity index (χ4n) is 5.41. The summed E-state index contributed by atoms with van der Waals surface area (Å²) in [4.78, 5) is 26.0. The summed E-state index contributed by atoms with van der Waals surface area (Å²) in [5, 5.41) is 5.74. The number of carbonyl (C=O) groups excluding carboxylic acids is 2. The number of hydrogen-bond donors (Lipinski definition) is 2. The Kier molecular flexibility index (Phi) is 6.20. The van der Waals surface area contributed by atoms with Gasteiger partial charge in [0.15, 0.2) is 0 Å². The van der Waals surface area contributed by atoms with Crippen LogP contribution >= 0.6 is 0 Å². The number of furan rings is 1. The predicted molar refractivity (Wildman–Crippen MR) is 142 cm³/mol. The highest BCUT2D eigenvalue weighted by atomic mass is 19.4. The number of carbonyl (C=O) groups is 2. The molecule has 0 unspecified atom stereocenters. The van der Waals surface area contributed by atoms with Crippen LogP contribution in [0.25, 0.3) is 33.4 Å². The molecule has 2 N–H and O–H groups in total. The van der Waals surface area contributed by atoms with Gasteiger partial charge in [0, 0.05) is 30.0 Å². The van der Waals surface area contributed by atoms with Gasteiger partial charge in [0.25, 0.3) is 11.8 Å². The molecule has 2 fully saturated rings. The van der Waals surface area contributed by atoms with E-state index in [1.165, 1.54) is 49.5 Å². The van der Waals surface area contributed by atoms with Gasteiger partial charge < -0.3 is 15.1 Å². The topological polar surface area (TPSA) is 71.3 Å². The standard InChI is InChI=1S/C31H25F5N2O3/c1-15-9-24(33)22(28(39)38-30-13-18(30)14-30)11-20(15)21-12-23-25(10-17(21)7-8-31(34,35)36)41-27(26(23)29(40)37-2)16-3-5-19(32)6-4-16/h3-6,9-12,18H,7-8,13-14H2,1-2H3,(H,37,40)(H,38,39). The van der Waals surface area contributed by atoms with Gasteiger partial charge in [0.2, 0.25) is 0 Å². The van der Waals surface area contributed by atoms with Crippen molar-refractivity contribution in [1.29, 1.82) is 0 Å². The quantitative estimate of drug-likeness (QED) is 0.234. The van der Waals surface area contributed by atoms with Gasteiger partial charge in [-0.1, -0.05) is 0 Å². The van der Waals surface area contributed by atoms with Crippen LogP contribution in [0.3, 0.4) is 0 Å². The maximum Gasteiger partial charge on any atom is 0.389 e. The summed E-state index contributed by atoms with van der Waals surface area (Å²) in [6.07, 6.45) is -4.28. The van der Waals surface area contributed by atoms with E-state index in [4.69, 9.17) is 4.42 Å². The highest BCUT2D eigenvalue weighted by molar-refractivity contribution is 6.12. The molecule has 212 valence electrons. The normalized spacial score (nSPS) is 19.1. The molecule has 2 aliphatic carbocycles. The van der Waals surface area contributed by atoms with Crippen LogP contribution in [-0.2, 0) is 6.42 Å². The summed E-state index contributed by atoms with van der Waals surface area (Å²) in [6, 6.07) is 10.8.